The molecule has 0 heteroatoms. The van der Waals surface area contributed by atoms with Crippen LogP contribution in [0.1, 0.15) is 52.7 Å². The average Bonchev–Trinajstić information content (AvgIpc) is 2.52. The van der Waals surface area contributed by atoms with Crippen LogP contribution in [0.4, 0.5) is 0 Å². The summed E-state index contributed by atoms with van der Waals surface area (Å²) in [6.07, 6.45) is 0. The van der Waals surface area contributed by atoms with E-state index in [1.54, 1.807) is 0 Å². The monoisotopic (exact) mass is 316 g/mol. The van der Waals surface area contributed by atoms with Crippen LogP contribution >= 0.6 is 0 Å². The Bertz CT molecular complexity index is 870. The van der Waals surface area contributed by atoms with E-state index in [1.165, 1.54) is 33.0 Å². The lowest BCUT2D eigenvalue weighted by Crippen LogP contribution is -2.10. The van der Waals surface area contributed by atoms with Crippen molar-refractivity contribution in [1.82, 2.24) is 0 Å². The zero-order valence-electron chi connectivity index (χ0n) is 15.8. The molecule has 0 atom stereocenters. The molecule has 124 valence electrons. The highest BCUT2D eigenvalue weighted by Gasteiger charge is 2.15. The van der Waals surface area contributed by atoms with Crippen molar-refractivity contribution in [2.75, 3.05) is 0 Å². The molecule has 0 nitrogen and oxygen atoms in total. The van der Waals surface area contributed by atoms with E-state index in [9.17, 15) is 0 Å². The fraction of sp³-hybridized carbons (Fsp3) is 0.333. The lowest BCUT2D eigenvalue weighted by Gasteiger charge is -2.20. The molecule has 0 amide bonds. The van der Waals surface area contributed by atoms with Crippen LogP contribution in [0.2, 0.25) is 0 Å². The summed E-state index contributed by atoms with van der Waals surface area (Å²) in [6.45, 7) is 13.6. The van der Waals surface area contributed by atoms with Gasteiger partial charge >= 0.3 is 0 Å². The molecule has 24 heavy (non-hydrogen) atoms. The fourth-order valence-electron chi connectivity index (χ4n) is 3.06. The first-order chi connectivity index (χ1) is 11.1. The molecule has 0 unspecified atom stereocenters. The molecule has 0 heterocycles. The van der Waals surface area contributed by atoms with Crippen molar-refractivity contribution in [3.05, 3.63) is 71.8 Å². The predicted octanol–water partition coefficient (Wildman–Crippen LogP) is 7.10. The molecular formula is C24H28. The molecule has 3 aromatic carbocycles. The van der Waals surface area contributed by atoms with Gasteiger partial charge in [-0.25, -0.2) is 0 Å². The minimum absolute atomic E-state index is 0.175. The number of benzene rings is 3. The predicted molar refractivity (Wildman–Crippen MR) is 107 cm³/mol. The molecule has 0 aliphatic carbocycles. The van der Waals surface area contributed by atoms with E-state index in [0.717, 1.165) is 0 Å². The van der Waals surface area contributed by atoms with Gasteiger partial charge in [0.1, 0.15) is 0 Å². The van der Waals surface area contributed by atoms with Crippen molar-refractivity contribution in [2.45, 2.75) is 52.4 Å². The second-order valence-corrected chi connectivity index (χ2v) is 8.86. The zero-order valence-corrected chi connectivity index (χ0v) is 15.8. The first kappa shape index (κ1) is 16.8. The fourth-order valence-corrected chi connectivity index (χ4v) is 3.06. The molecule has 0 saturated carbocycles. The summed E-state index contributed by atoms with van der Waals surface area (Å²) in [5, 5.41) is 2.62. The van der Waals surface area contributed by atoms with Gasteiger partial charge in [0, 0.05) is 0 Å². The molecule has 3 aromatic rings. The van der Waals surface area contributed by atoms with Crippen molar-refractivity contribution < 1.29 is 0 Å². The second-order valence-electron chi connectivity index (χ2n) is 8.86. The smallest absolute Gasteiger partial charge is 0.0132 e. The van der Waals surface area contributed by atoms with Gasteiger partial charge in [-0.3, -0.25) is 0 Å². The van der Waals surface area contributed by atoms with Crippen LogP contribution in [0.3, 0.4) is 0 Å². The maximum Gasteiger partial charge on any atom is -0.0132 e. The quantitative estimate of drug-likeness (QED) is 0.449. The van der Waals surface area contributed by atoms with E-state index in [0.29, 0.717) is 0 Å². The van der Waals surface area contributed by atoms with Gasteiger partial charge in [-0.2, -0.15) is 0 Å². The maximum absolute atomic E-state index is 2.32. The first-order valence-electron chi connectivity index (χ1n) is 8.80. The van der Waals surface area contributed by atoms with Crippen molar-refractivity contribution in [3.8, 4) is 11.1 Å². The van der Waals surface area contributed by atoms with E-state index in [4.69, 9.17) is 0 Å². The molecule has 0 saturated heterocycles. The van der Waals surface area contributed by atoms with Crippen LogP contribution in [0.15, 0.2) is 60.7 Å². The lowest BCUT2D eigenvalue weighted by molar-refractivity contribution is 0.590. The van der Waals surface area contributed by atoms with E-state index >= 15 is 0 Å². The molecule has 0 radical (unpaired) electrons. The van der Waals surface area contributed by atoms with Gasteiger partial charge in [0.05, 0.1) is 0 Å². The summed E-state index contributed by atoms with van der Waals surface area (Å²) < 4.78 is 0. The third kappa shape index (κ3) is 3.38. The van der Waals surface area contributed by atoms with E-state index in [1.807, 2.05) is 0 Å². The van der Waals surface area contributed by atoms with Gasteiger partial charge in [0.2, 0.25) is 0 Å². The normalized spacial score (nSPS) is 12.6. The van der Waals surface area contributed by atoms with Crippen molar-refractivity contribution in [2.24, 2.45) is 0 Å². The largest absolute Gasteiger partial charge is 0.0614 e. The molecule has 0 spiro atoms. The van der Waals surface area contributed by atoms with Crippen LogP contribution in [-0.4, -0.2) is 0 Å². The molecular weight excluding hydrogens is 288 g/mol. The summed E-state index contributed by atoms with van der Waals surface area (Å²) in [6, 6.07) is 22.6. The highest BCUT2D eigenvalue weighted by molar-refractivity contribution is 5.88. The Morgan fingerprint density at radius 2 is 1.04 bits per heavy atom. The minimum atomic E-state index is 0.175. The molecule has 3 rings (SSSR count). The SMILES string of the molecule is CC(C)(C)c1cccc(-c2ccc3cc(C(C)(C)C)ccc3c2)c1. The van der Waals surface area contributed by atoms with Gasteiger partial charge in [-0.1, -0.05) is 96.1 Å². The van der Waals surface area contributed by atoms with Crippen LogP contribution in [-0.2, 0) is 10.8 Å². The first-order valence-corrected chi connectivity index (χ1v) is 8.80. The van der Waals surface area contributed by atoms with Crippen LogP contribution in [0, 0.1) is 0 Å². The summed E-state index contributed by atoms with van der Waals surface area (Å²) >= 11 is 0. The van der Waals surface area contributed by atoms with Crippen LogP contribution in [0.5, 0.6) is 0 Å². The second kappa shape index (κ2) is 5.77. The van der Waals surface area contributed by atoms with Gasteiger partial charge < -0.3 is 0 Å². The highest BCUT2D eigenvalue weighted by Crippen LogP contribution is 2.31. The topological polar surface area (TPSA) is 0 Å². The Balaban J connectivity index is 2.06. The maximum atomic E-state index is 2.32. The van der Waals surface area contributed by atoms with Gasteiger partial charge in [-0.15, -0.1) is 0 Å². The summed E-state index contributed by atoms with van der Waals surface area (Å²) in [7, 11) is 0. The third-order valence-corrected chi connectivity index (χ3v) is 4.77. The number of fused-ring (bicyclic) bond motifs is 1. The van der Waals surface area contributed by atoms with E-state index in [-0.39, 0.29) is 10.8 Å². The summed E-state index contributed by atoms with van der Waals surface area (Å²) in [5.74, 6) is 0. The standard InChI is InChI=1S/C24H28/c1-23(2,3)21-9-7-8-17(15-21)18-10-11-20-16-22(24(4,5)6)13-12-19(20)14-18/h7-16H,1-6H3. The highest BCUT2D eigenvalue weighted by atomic mass is 14.2. The Morgan fingerprint density at radius 3 is 1.71 bits per heavy atom. The number of hydrogen-bond acceptors (Lipinski definition) is 0. The van der Waals surface area contributed by atoms with Gasteiger partial charge in [0.25, 0.3) is 0 Å². The molecule has 0 fully saturated rings. The van der Waals surface area contributed by atoms with E-state index in [2.05, 4.69) is 102 Å². The van der Waals surface area contributed by atoms with Crippen LogP contribution < -0.4 is 0 Å². The molecule has 0 N–H and O–H groups in total. The molecule has 0 aliphatic heterocycles. The third-order valence-electron chi connectivity index (χ3n) is 4.77. The Hall–Kier alpha value is -2.08. The Morgan fingerprint density at radius 1 is 0.500 bits per heavy atom. The molecule has 0 aliphatic rings. The summed E-state index contributed by atoms with van der Waals surface area (Å²) in [5.41, 5.74) is 5.71. The number of hydrogen-bond donors (Lipinski definition) is 0. The van der Waals surface area contributed by atoms with Crippen LogP contribution in [0.25, 0.3) is 21.9 Å². The Kier molecular flexibility index (Phi) is 4.03. The average molecular weight is 316 g/mol. The summed E-state index contributed by atoms with van der Waals surface area (Å²) in [4.78, 5) is 0. The molecule has 0 aromatic heterocycles. The minimum Gasteiger partial charge on any atom is -0.0614 e. The van der Waals surface area contributed by atoms with E-state index < -0.39 is 0 Å². The van der Waals surface area contributed by atoms with Crippen molar-refractivity contribution >= 4 is 10.8 Å². The van der Waals surface area contributed by atoms with Gasteiger partial charge in [-0.05, 0) is 49.9 Å². The van der Waals surface area contributed by atoms with Crippen molar-refractivity contribution in [3.63, 3.8) is 0 Å². The molecule has 0 bridgehead atoms. The Labute approximate surface area is 146 Å². The zero-order chi connectivity index (χ0) is 17.5. The van der Waals surface area contributed by atoms with Crippen molar-refractivity contribution in [1.29, 1.82) is 0 Å². The van der Waals surface area contributed by atoms with Gasteiger partial charge in [0.15, 0.2) is 0 Å². The number of rotatable bonds is 1. The lowest BCUT2D eigenvalue weighted by atomic mass is 9.84.